The zero-order valence-corrected chi connectivity index (χ0v) is 25.6. The third-order valence-electron chi connectivity index (χ3n) is 7.86. The molecule has 0 saturated carbocycles. The number of fused-ring (bicyclic) bond motifs is 1. The molecule has 0 aromatic carbocycles. The molecule has 4 rings (SSSR count). The van der Waals surface area contributed by atoms with Gasteiger partial charge in [-0.15, -0.1) is 0 Å². The predicted octanol–water partition coefficient (Wildman–Crippen LogP) is 3.36. The van der Waals surface area contributed by atoms with Crippen LogP contribution in [-0.4, -0.2) is 65.9 Å². The Bertz CT molecular complexity index is 1670. The van der Waals surface area contributed by atoms with E-state index in [1.165, 1.54) is 9.13 Å². The molecular formula is C32H42N8O2. The van der Waals surface area contributed by atoms with Crippen molar-refractivity contribution in [2.75, 3.05) is 44.7 Å². The van der Waals surface area contributed by atoms with E-state index in [4.69, 9.17) is 0 Å². The monoisotopic (exact) mass is 570 g/mol. The highest BCUT2D eigenvalue weighted by atomic mass is 16.2. The fourth-order valence-corrected chi connectivity index (χ4v) is 5.61. The van der Waals surface area contributed by atoms with Crippen molar-refractivity contribution in [3.05, 3.63) is 73.5 Å². The summed E-state index contributed by atoms with van der Waals surface area (Å²) in [6.45, 7) is 12.2. The molecule has 0 unspecified atom stereocenters. The van der Waals surface area contributed by atoms with Crippen molar-refractivity contribution in [2.24, 2.45) is 22.4 Å². The summed E-state index contributed by atoms with van der Waals surface area (Å²) < 4.78 is 4.68. The molecule has 0 radical (unpaired) electrons. The lowest BCUT2D eigenvalue weighted by Gasteiger charge is -2.27. The van der Waals surface area contributed by atoms with Crippen molar-refractivity contribution in [1.82, 2.24) is 19.0 Å². The number of aromatic nitrogens is 3. The Morgan fingerprint density at radius 2 is 1.95 bits per heavy atom. The van der Waals surface area contributed by atoms with Gasteiger partial charge in [0.25, 0.3) is 5.56 Å². The van der Waals surface area contributed by atoms with E-state index in [0.717, 1.165) is 42.8 Å². The molecule has 42 heavy (non-hydrogen) atoms. The number of aryl methyl sites for hydroxylation is 1. The van der Waals surface area contributed by atoms with Crippen LogP contribution >= 0.6 is 0 Å². The van der Waals surface area contributed by atoms with Gasteiger partial charge in [0.05, 0.1) is 18.6 Å². The maximum absolute atomic E-state index is 14.5. The third-order valence-corrected chi connectivity index (χ3v) is 7.86. The number of nitrogens with zero attached hydrogens (tertiary/aromatic N) is 7. The minimum Gasteiger partial charge on any atom is -0.356 e. The van der Waals surface area contributed by atoms with Crippen LogP contribution in [0.5, 0.6) is 0 Å². The van der Waals surface area contributed by atoms with Crippen LogP contribution in [0.1, 0.15) is 39.7 Å². The number of anilines is 1. The molecule has 2 aromatic rings. The summed E-state index contributed by atoms with van der Waals surface area (Å²) in [5.41, 5.74) is 2.37. The van der Waals surface area contributed by atoms with E-state index in [1.807, 2.05) is 42.7 Å². The highest BCUT2D eigenvalue weighted by Crippen LogP contribution is 2.33. The van der Waals surface area contributed by atoms with Gasteiger partial charge >= 0.3 is 5.69 Å². The van der Waals surface area contributed by atoms with Crippen molar-refractivity contribution in [2.45, 2.75) is 47.2 Å². The Labute approximate surface area is 247 Å². The zero-order valence-electron chi connectivity index (χ0n) is 25.6. The lowest BCUT2D eigenvalue weighted by molar-refractivity contribution is 0.511. The average molecular weight is 571 g/mol. The van der Waals surface area contributed by atoms with E-state index >= 15 is 0 Å². The highest BCUT2D eigenvalue weighted by Gasteiger charge is 2.30. The van der Waals surface area contributed by atoms with Gasteiger partial charge in [-0.2, -0.15) is 5.26 Å². The van der Waals surface area contributed by atoms with Gasteiger partial charge in [-0.1, -0.05) is 49.8 Å². The second-order valence-electron chi connectivity index (χ2n) is 11.5. The zero-order chi connectivity index (χ0) is 30.4. The average Bonchev–Trinajstić information content (AvgIpc) is 3.07. The first-order valence-electron chi connectivity index (χ1n) is 14.5. The van der Waals surface area contributed by atoms with Gasteiger partial charge in [0.15, 0.2) is 0 Å². The molecule has 0 aliphatic carbocycles. The Morgan fingerprint density at radius 3 is 2.67 bits per heavy atom. The van der Waals surface area contributed by atoms with Gasteiger partial charge in [0, 0.05) is 63.7 Å². The predicted molar refractivity (Wildman–Crippen MR) is 172 cm³/mol. The van der Waals surface area contributed by atoms with Gasteiger partial charge in [0.1, 0.15) is 23.0 Å². The number of rotatable bonds is 6. The van der Waals surface area contributed by atoms with Crippen LogP contribution in [0, 0.1) is 16.7 Å². The fraction of sp³-hybridized carbons (Fsp3) is 0.469. The summed E-state index contributed by atoms with van der Waals surface area (Å²) in [5, 5.41) is 13.8. The molecule has 0 spiro atoms. The third kappa shape index (κ3) is 6.16. The van der Waals surface area contributed by atoms with Crippen LogP contribution in [0.2, 0.25) is 0 Å². The summed E-state index contributed by atoms with van der Waals surface area (Å²) >= 11 is 0. The number of nitriles is 1. The Hall–Kier alpha value is -4.23. The topological polar surface area (TPSA) is 113 Å². The summed E-state index contributed by atoms with van der Waals surface area (Å²) in [4.78, 5) is 39.4. The lowest BCUT2D eigenvalue weighted by Crippen LogP contribution is -2.41. The van der Waals surface area contributed by atoms with Crippen molar-refractivity contribution >= 4 is 29.3 Å². The summed E-state index contributed by atoms with van der Waals surface area (Å²) in [6.07, 6.45) is 14.4. The van der Waals surface area contributed by atoms with Gasteiger partial charge in [-0.25, -0.2) is 4.79 Å². The van der Waals surface area contributed by atoms with Gasteiger partial charge in [-0.05, 0) is 32.4 Å². The standard InChI is InChI=1S/C32H42N8O2/c1-23(2)11-17-39-28-27(25(19-33)29(39)38-16-10-14-35-15-18-38)37(6)31(42)40(30(28)41)22-26-24(20-34-5)21-36-13-9-7-8-12-32(26,3)4/h7-9,11-12,20-21,35H,10,13-18,22H2,1-6H3/b9-7-,12-8-,26-24-,34-20?,36-21?. The number of allylic oxidation sites excluding steroid dienone is 7. The highest BCUT2D eigenvalue weighted by molar-refractivity contribution is 6.05. The Kier molecular flexibility index (Phi) is 9.63. The van der Waals surface area contributed by atoms with Crippen molar-refractivity contribution in [3.63, 3.8) is 0 Å². The number of hydrogen-bond donors (Lipinski definition) is 1. The quantitative estimate of drug-likeness (QED) is 0.423. The number of aliphatic imine (C=N–C) groups is 2. The fourth-order valence-electron chi connectivity index (χ4n) is 5.61. The Balaban J connectivity index is 2.06. The normalized spacial score (nSPS) is 20.8. The van der Waals surface area contributed by atoms with Crippen LogP contribution in [0.25, 0.3) is 11.0 Å². The molecule has 4 heterocycles. The summed E-state index contributed by atoms with van der Waals surface area (Å²) in [6, 6.07) is 2.35. The molecule has 1 saturated heterocycles. The van der Waals surface area contributed by atoms with E-state index in [-0.39, 0.29) is 6.54 Å². The molecule has 2 aliphatic heterocycles. The van der Waals surface area contributed by atoms with Crippen LogP contribution in [0.4, 0.5) is 5.82 Å². The molecule has 0 amide bonds. The first kappa shape index (κ1) is 30.7. The van der Waals surface area contributed by atoms with Crippen molar-refractivity contribution in [1.29, 1.82) is 5.26 Å². The van der Waals surface area contributed by atoms with Crippen LogP contribution in [-0.2, 0) is 20.1 Å². The van der Waals surface area contributed by atoms with E-state index < -0.39 is 16.7 Å². The van der Waals surface area contributed by atoms with Crippen molar-refractivity contribution < 1.29 is 0 Å². The van der Waals surface area contributed by atoms with Crippen LogP contribution in [0.3, 0.4) is 0 Å². The van der Waals surface area contributed by atoms with Gasteiger partial charge < -0.3 is 14.8 Å². The molecule has 1 N–H and O–H groups in total. The van der Waals surface area contributed by atoms with Crippen LogP contribution < -0.4 is 21.5 Å². The number of nitrogens with one attached hydrogen (secondary N) is 1. The smallest absolute Gasteiger partial charge is 0.331 e. The molecule has 0 atom stereocenters. The summed E-state index contributed by atoms with van der Waals surface area (Å²) in [5.74, 6) is 0.692. The molecular weight excluding hydrogens is 528 g/mol. The maximum Gasteiger partial charge on any atom is 0.331 e. The van der Waals surface area contributed by atoms with E-state index in [2.05, 4.69) is 46.2 Å². The maximum atomic E-state index is 14.5. The minimum atomic E-state index is -0.518. The van der Waals surface area contributed by atoms with E-state index in [0.29, 0.717) is 42.0 Å². The molecule has 1 fully saturated rings. The second kappa shape index (κ2) is 13.2. The second-order valence-corrected chi connectivity index (χ2v) is 11.5. The summed E-state index contributed by atoms with van der Waals surface area (Å²) in [7, 11) is 3.34. The molecule has 0 bridgehead atoms. The van der Waals surface area contributed by atoms with Crippen LogP contribution in [0.15, 0.2) is 66.7 Å². The minimum absolute atomic E-state index is 0.0502. The van der Waals surface area contributed by atoms with E-state index in [1.54, 1.807) is 26.5 Å². The Morgan fingerprint density at radius 1 is 1.17 bits per heavy atom. The lowest BCUT2D eigenvalue weighted by atomic mass is 9.80. The SMILES string of the molecule is CN=C/C1=C(\Cn2c(=O)c3c(c(C#N)c(N4CCCNCC4)n3CC=C(C)C)n(C)c2=O)C(C)(C)/C=C\C=C/CN=C1. The molecule has 2 aliphatic rings. The van der Waals surface area contributed by atoms with Gasteiger partial charge in [0.2, 0.25) is 0 Å². The molecule has 222 valence electrons. The van der Waals surface area contributed by atoms with Crippen molar-refractivity contribution in [3.8, 4) is 6.07 Å². The first-order valence-corrected chi connectivity index (χ1v) is 14.5. The van der Waals surface area contributed by atoms with Gasteiger partial charge in [-0.3, -0.25) is 23.9 Å². The largest absolute Gasteiger partial charge is 0.356 e. The molecule has 10 nitrogen and oxygen atoms in total. The van der Waals surface area contributed by atoms with E-state index in [9.17, 15) is 14.9 Å². The molecule has 10 heteroatoms. The first-order chi connectivity index (χ1) is 20.1. The molecule has 2 aromatic heterocycles. The number of hydrogen-bond acceptors (Lipinski definition) is 7.